The minimum absolute atomic E-state index is 0.179. The fourth-order valence-corrected chi connectivity index (χ4v) is 1.65. The molecule has 0 aliphatic heterocycles. The molecule has 0 aromatic rings. The Kier molecular flexibility index (Phi) is 7.27. The predicted molar refractivity (Wildman–Crippen MR) is 63.4 cm³/mol. The maximum absolute atomic E-state index is 11.3. The van der Waals surface area contributed by atoms with Gasteiger partial charge in [-0.2, -0.15) is 0 Å². The molecule has 7 heteroatoms. The quantitative estimate of drug-likeness (QED) is 0.490. The second-order valence-electron chi connectivity index (χ2n) is 3.71. The number of hydrogen-bond acceptors (Lipinski definition) is 4. The molecule has 0 fully saturated rings. The molecule has 0 aromatic heterocycles. The maximum Gasteiger partial charge on any atom is 0.236 e. The first-order chi connectivity index (χ1) is 7.37. The molecule has 0 saturated carbocycles. The molecule has 0 bridgehead atoms. The second kappa shape index (κ2) is 7.59. The summed E-state index contributed by atoms with van der Waals surface area (Å²) >= 11 is 0. The number of amides is 1. The average Bonchev–Trinajstić information content (AvgIpc) is 2.15. The highest BCUT2D eigenvalue weighted by atomic mass is 32.2. The van der Waals surface area contributed by atoms with Gasteiger partial charge in [0.15, 0.2) is 0 Å². The van der Waals surface area contributed by atoms with Gasteiger partial charge in [-0.05, 0) is 12.8 Å². The van der Waals surface area contributed by atoms with Gasteiger partial charge >= 0.3 is 0 Å². The molecule has 1 amide bonds. The Morgan fingerprint density at radius 1 is 1.38 bits per heavy atom. The van der Waals surface area contributed by atoms with Crippen LogP contribution in [0.15, 0.2) is 0 Å². The van der Waals surface area contributed by atoms with Crippen LogP contribution in [0.4, 0.5) is 0 Å². The molecular formula is C9H21N3O3S. The van der Waals surface area contributed by atoms with Gasteiger partial charge in [0.2, 0.25) is 15.9 Å². The molecule has 0 aromatic carbocycles. The minimum atomic E-state index is -3.14. The standard InChI is InChI=1S/C9H21N3O3S/c1-3-5-8(10)9(13)11-6-4-7-12-16(2,14)15/h8,12H,3-7,10H2,1-2H3,(H,11,13)/t8-/m0/s1. The molecule has 0 spiro atoms. The van der Waals surface area contributed by atoms with E-state index in [0.717, 1.165) is 12.7 Å². The molecule has 96 valence electrons. The summed E-state index contributed by atoms with van der Waals surface area (Å²) in [6, 6.07) is -0.465. The van der Waals surface area contributed by atoms with Gasteiger partial charge in [0.1, 0.15) is 0 Å². The Morgan fingerprint density at radius 3 is 2.50 bits per heavy atom. The van der Waals surface area contributed by atoms with E-state index >= 15 is 0 Å². The highest BCUT2D eigenvalue weighted by molar-refractivity contribution is 7.88. The van der Waals surface area contributed by atoms with Gasteiger partial charge in [0.25, 0.3) is 0 Å². The average molecular weight is 251 g/mol. The maximum atomic E-state index is 11.3. The third kappa shape index (κ3) is 8.63. The first kappa shape index (κ1) is 15.3. The summed E-state index contributed by atoms with van der Waals surface area (Å²) in [6.45, 7) is 2.71. The molecule has 0 heterocycles. The molecular weight excluding hydrogens is 230 g/mol. The van der Waals surface area contributed by atoms with Crippen molar-refractivity contribution in [3.05, 3.63) is 0 Å². The summed E-state index contributed by atoms with van der Waals surface area (Å²) in [6.07, 6.45) is 3.18. The molecule has 0 aliphatic rings. The molecule has 0 saturated heterocycles. The Bertz CT molecular complexity index is 303. The van der Waals surface area contributed by atoms with Gasteiger partial charge in [0, 0.05) is 13.1 Å². The van der Waals surface area contributed by atoms with E-state index in [4.69, 9.17) is 5.73 Å². The fraction of sp³-hybridized carbons (Fsp3) is 0.889. The predicted octanol–water partition coefficient (Wildman–Crippen LogP) is -0.831. The number of rotatable bonds is 8. The Balaban J connectivity index is 3.56. The van der Waals surface area contributed by atoms with E-state index in [-0.39, 0.29) is 5.91 Å². The van der Waals surface area contributed by atoms with E-state index in [2.05, 4.69) is 10.0 Å². The molecule has 16 heavy (non-hydrogen) atoms. The monoisotopic (exact) mass is 251 g/mol. The number of carbonyl (C=O) groups excluding carboxylic acids is 1. The normalized spacial score (nSPS) is 13.4. The zero-order valence-electron chi connectivity index (χ0n) is 9.82. The Labute approximate surface area is 97.0 Å². The van der Waals surface area contributed by atoms with E-state index < -0.39 is 16.1 Å². The zero-order chi connectivity index (χ0) is 12.6. The zero-order valence-corrected chi connectivity index (χ0v) is 10.6. The van der Waals surface area contributed by atoms with Crippen molar-refractivity contribution in [3.8, 4) is 0 Å². The van der Waals surface area contributed by atoms with E-state index in [0.29, 0.717) is 25.9 Å². The van der Waals surface area contributed by atoms with Crippen molar-refractivity contribution in [3.63, 3.8) is 0 Å². The summed E-state index contributed by atoms with van der Waals surface area (Å²) in [4.78, 5) is 11.3. The van der Waals surface area contributed by atoms with Gasteiger partial charge in [-0.3, -0.25) is 4.79 Å². The minimum Gasteiger partial charge on any atom is -0.355 e. The van der Waals surface area contributed by atoms with Crippen LogP contribution >= 0.6 is 0 Å². The van der Waals surface area contributed by atoms with Crippen LogP contribution in [0.1, 0.15) is 26.2 Å². The van der Waals surface area contributed by atoms with Crippen LogP contribution in [-0.2, 0) is 14.8 Å². The third-order valence-electron chi connectivity index (χ3n) is 1.95. The number of nitrogens with one attached hydrogen (secondary N) is 2. The number of nitrogens with two attached hydrogens (primary N) is 1. The topological polar surface area (TPSA) is 101 Å². The summed E-state index contributed by atoms with van der Waals surface area (Å²) in [7, 11) is -3.14. The Hall–Kier alpha value is -0.660. The van der Waals surface area contributed by atoms with Gasteiger partial charge in [-0.1, -0.05) is 13.3 Å². The van der Waals surface area contributed by atoms with Gasteiger partial charge < -0.3 is 11.1 Å². The van der Waals surface area contributed by atoms with E-state index in [1.807, 2.05) is 6.92 Å². The van der Waals surface area contributed by atoms with Gasteiger partial charge in [-0.15, -0.1) is 0 Å². The lowest BCUT2D eigenvalue weighted by Gasteiger charge is -2.10. The SMILES string of the molecule is CCC[C@H](N)C(=O)NCCCNS(C)(=O)=O. The summed E-state index contributed by atoms with van der Waals surface area (Å²) in [5.41, 5.74) is 5.59. The smallest absolute Gasteiger partial charge is 0.236 e. The van der Waals surface area contributed by atoms with Crippen molar-refractivity contribution in [2.24, 2.45) is 5.73 Å². The largest absolute Gasteiger partial charge is 0.355 e. The molecule has 0 aliphatic carbocycles. The first-order valence-corrected chi connectivity index (χ1v) is 7.24. The molecule has 6 nitrogen and oxygen atoms in total. The molecule has 0 unspecified atom stereocenters. The van der Waals surface area contributed by atoms with Crippen molar-refractivity contribution in [2.45, 2.75) is 32.2 Å². The lowest BCUT2D eigenvalue weighted by Crippen LogP contribution is -2.41. The van der Waals surface area contributed by atoms with Crippen LogP contribution in [0.2, 0.25) is 0 Å². The van der Waals surface area contributed by atoms with Crippen LogP contribution in [0.5, 0.6) is 0 Å². The van der Waals surface area contributed by atoms with Crippen molar-refractivity contribution >= 4 is 15.9 Å². The first-order valence-electron chi connectivity index (χ1n) is 5.34. The van der Waals surface area contributed by atoms with E-state index in [9.17, 15) is 13.2 Å². The Morgan fingerprint density at radius 2 is 2.00 bits per heavy atom. The van der Waals surface area contributed by atoms with Gasteiger partial charge in [0.05, 0.1) is 12.3 Å². The summed E-state index contributed by atoms with van der Waals surface area (Å²) < 4.78 is 23.7. The van der Waals surface area contributed by atoms with Crippen LogP contribution in [0, 0.1) is 0 Å². The van der Waals surface area contributed by atoms with Crippen LogP contribution in [0.3, 0.4) is 0 Å². The van der Waals surface area contributed by atoms with E-state index in [1.165, 1.54) is 0 Å². The third-order valence-corrected chi connectivity index (χ3v) is 2.68. The molecule has 0 rings (SSSR count). The lowest BCUT2D eigenvalue weighted by molar-refractivity contribution is -0.122. The van der Waals surface area contributed by atoms with Crippen molar-refractivity contribution in [2.75, 3.05) is 19.3 Å². The van der Waals surface area contributed by atoms with Crippen molar-refractivity contribution in [1.82, 2.24) is 10.0 Å². The van der Waals surface area contributed by atoms with E-state index in [1.54, 1.807) is 0 Å². The van der Waals surface area contributed by atoms with Gasteiger partial charge in [-0.25, -0.2) is 13.1 Å². The van der Waals surface area contributed by atoms with Crippen LogP contribution in [-0.4, -0.2) is 39.7 Å². The highest BCUT2D eigenvalue weighted by Gasteiger charge is 2.10. The summed E-state index contributed by atoms with van der Waals surface area (Å²) in [5.74, 6) is -0.179. The second-order valence-corrected chi connectivity index (χ2v) is 5.54. The highest BCUT2D eigenvalue weighted by Crippen LogP contribution is 1.92. The van der Waals surface area contributed by atoms with Crippen molar-refractivity contribution in [1.29, 1.82) is 0 Å². The van der Waals surface area contributed by atoms with Crippen molar-refractivity contribution < 1.29 is 13.2 Å². The molecule has 1 atom stereocenters. The number of carbonyl (C=O) groups is 1. The van der Waals surface area contributed by atoms with Crippen LogP contribution in [0.25, 0.3) is 0 Å². The fourth-order valence-electron chi connectivity index (χ4n) is 1.13. The number of hydrogen-bond donors (Lipinski definition) is 3. The molecule has 0 radical (unpaired) electrons. The molecule has 4 N–H and O–H groups in total. The van der Waals surface area contributed by atoms with Crippen LogP contribution < -0.4 is 15.8 Å². The summed E-state index contributed by atoms with van der Waals surface area (Å²) in [5, 5.41) is 2.65. The lowest BCUT2D eigenvalue weighted by atomic mass is 10.2. The number of sulfonamides is 1.